The maximum atomic E-state index is 12.6. The predicted octanol–water partition coefficient (Wildman–Crippen LogP) is 3.21. The Hall–Kier alpha value is -2.33. The van der Waals surface area contributed by atoms with E-state index in [4.69, 9.17) is 16.3 Å². The number of piperazine rings is 1. The van der Waals surface area contributed by atoms with Crippen LogP contribution < -0.4 is 5.32 Å². The number of carbonyl (C=O) groups excluding carboxylic acids is 2. The Bertz CT molecular complexity index is 945. The van der Waals surface area contributed by atoms with E-state index in [9.17, 15) is 9.59 Å². The summed E-state index contributed by atoms with van der Waals surface area (Å²) in [5.74, 6) is 0.549. The van der Waals surface area contributed by atoms with Gasteiger partial charge in [-0.15, -0.1) is 24.0 Å². The highest BCUT2D eigenvalue weighted by Gasteiger charge is 2.23. The summed E-state index contributed by atoms with van der Waals surface area (Å²) in [4.78, 5) is 32.6. The number of guanidine groups is 1. The van der Waals surface area contributed by atoms with E-state index in [1.807, 2.05) is 35.2 Å². The standard InChI is InChI=1S/C23H27ClN4O3.HI/c1-25-23(26-16-17-6-8-19(9-7-17)22(30)31-2)28-12-10-27(11-13-28)21(29)15-18-4-3-5-20(24)14-18;/h3-9,14H,10-13,15-16H2,1-2H3,(H,25,26);1H. The van der Waals surface area contributed by atoms with Gasteiger partial charge in [0, 0.05) is 44.8 Å². The third-order valence-corrected chi connectivity index (χ3v) is 5.45. The molecule has 0 unspecified atom stereocenters. The van der Waals surface area contributed by atoms with Crippen LogP contribution in [0.25, 0.3) is 0 Å². The van der Waals surface area contributed by atoms with Gasteiger partial charge in [-0.25, -0.2) is 4.79 Å². The number of carbonyl (C=O) groups is 2. The number of methoxy groups -OCH3 is 1. The predicted molar refractivity (Wildman–Crippen MR) is 137 cm³/mol. The summed E-state index contributed by atoms with van der Waals surface area (Å²) >= 11 is 6.01. The zero-order valence-electron chi connectivity index (χ0n) is 18.2. The molecule has 1 saturated heterocycles. The van der Waals surface area contributed by atoms with E-state index in [0.29, 0.717) is 49.7 Å². The van der Waals surface area contributed by atoms with Crippen LogP contribution in [-0.4, -0.2) is 68.0 Å². The second kappa shape index (κ2) is 12.6. The molecule has 1 heterocycles. The summed E-state index contributed by atoms with van der Waals surface area (Å²) in [5.41, 5.74) is 2.48. The molecule has 3 rings (SSSR count). The number of ether oxygens (including phenoxy) is 1. The van der Waals surface area contributed by atoms with Gasteiger partial charge >= 0.3 is 5.97 Å². The molecule has 7 nitrogen and oxygen atoms in total. The molecule has 0 spiro atoms. The Morgan fingerprint density at radius 3 is 2.28 bits per heavy atom. The lowest BCUT2D eigenvalue weighted by atomic mass is 10.1. The second-order valence-electron chi connectivity index (χ2n) is 7.26. The van der Waals surface area contributed by atoms with Crippen LogP contribution in [0.4, 0.5) is 0 Å². The first-order valence-corrected chi connectivity index (χ1v) is 10.5. The maximum Gasteiger partial charge on any atom is 0.337 e. The molecule has 1 N–H and O–H groups in total. The van der Waals surface area contributed by atoms with Crippen molar-refractivity contribution in [1.29, 1.82) is 0 Å². The van der Waals surface area contributed by atoms with Gasteiger partial charge in [-0.05, 0) is 35.4 Å². The number of hydrogen-bond donors (Lipinski definition) is 1. The molecule has 1 amide bonds. The molecule has 2 aromatic carbocycles. The van der Waals surface area contributed by atoms with Crippen LogP contribution in [0.2, 0.25) is 5.02 Å². The minimum absolute atomic E-state index is 0. The topological polar surface area (TPSA) is 74.2 Å². The summed E-state index contributed by atoms with van der Waals surface area (Å²) < 4.78 is 4.72. The van der Waals surface area contributed by atoms with Gasteiger partial charge in [-0.3, -0.25) is 9.79 Å². The normalized spacial score (nSPS) is 13.9. The number of amides is 1. The second-order valence-corrected chi connectivity index (χ2v) is 7.70. The van der Waals surface area contributed by atoms with Gasteiger partial charge in [-0.2, -0.15) is 0 Å². The zero-order chi connectivity index (χ0) is 22.2. The van der Waals surface area contributed by atoms with Crippen molar-refractivity contribution in [3.8, 4) is 0 Å². The first-order valence-electron chi connectivity index (χ1n) is 10.1. The summed E-state index contributed by atoms with van der Waals surface area (Å²) in [7, 11) is 3.12. The van der Waals surface area contributed by atoms with E-state index >= 15 is 0 Å². The number of halogens is 2. The average molecular weight is 571 g/mol. The lowest BCUT2D eigenvalue weighted by molar-refractivity contribution is -0.131. The van der Waals surface area contributed by atoms with Crippen molar-refractivity contribution >= 4 is 53.4 Å². The molecule has 9 heteroatoms. The van der Waals surface area contributed by atoms with Gasteiger partial charge in [0.05, 0.1) is 19.1 Å². The van der Waals surface area contributed by atoms with Crippen LogP contribution in [-0.2, 0) is 22.5 Å². The SMILES string of the molecule is CN=C(NCc1ccc(C(=O)OC)cc1)N1CCN(C(=O)Cc2cccc(Cl)c2)CC1.I. The van der Waals surface area contributed by atoms with Gasteiger partial charge in [0.15, 0.2) is 5.96 Å². The fraction of sp³-hybridized carbons (Fsp3) is 0.348. The van der Waals surface area contributed by atoms with Crippen molar-refractivity contribution < 1.29 is 14.3 Å². The monoisotopic (exact) mass is 570 g/mol. The minimum atomic E-state index is -0.349. The smallest absolute Gasteiger partial charge is 0.337 e. The number of aliphatic imine (C=N–C) groups is 1. The van der Waals surface area contributed by atoms with E-state index in [2.05, 4.69) is 15.2 Å². The number of hydrogen-bond acceptors (Lipinski definition) is 4. The highest BCUT2D eigenvalue weighted by molar-refractivity contribution is 14.0. The summed E-state index contributed by atoms with van der Waals surface area (Å²) in [6, 6.07) is 14.7. The number of nitrogens with zero attached hydrogens (tertiary/aromatic N) is 3. The molecule has 2 aromatic rings. The third kappa shape index (κ3) is 7.09. The lowest BCUT2D eigenvalue weighted by Crippen LogP contribution is -2.53. The summed E-state index contributed by atoms with van der Waals surface area (Å²) in [5, 5.41) is 3.99. The molecule has 1 aliphatic rings. The van der Waals surface area contributed by atoms with Gasteiger partial charge < -0.3 is 19.9 Å². The number of esters is 1. The Morgan fingerprint density at radius 1 is 1.03 bits per heavy atom. The van der Waals surface area contributed by atoms with Crippen LogP contribution in [0.5, 0.6) is 0 Å². The first kappa shape index (κ1) is 25.9. The Labute approximate surface area is 210 Å². The highest BCUT2D eigenvalue weighted by Crippen LogP contribution is 2.13. The van der Waals surface area contributed by atoms with Crippen molar-refractivity contribution in [3.63, 3.8) is 0 Å². The van der Waals surface area contributed by atoms with E-state index in [1.54, 1.807) is 25.2 Å². The quantitative estimate of drug-likeness (QED) is 0.259. The summed E-state index contributed by atoms with van der Waals surface area (Å²) in [6.07, 6.45) is 0.356. The molecule has 172 valence electrons. The van der Waals surface area contributed by atoms with E-state index in [-0.39, 0.29) is 35.9 Å². The molecule has 1 fully saturated rings. The highest BCUT2D eigenvalue weighted by atomic mass is 127. The molecule has 0 radical (unpaired) electrons. The van der Waals surface area contributed by atoms with Crippen LogP contribution in [0, 0.1) is 0 Å². The van der Waals surface area contributed by atoms with Crippen LogP contribution >= 0.6 is 35.6 Å². The van der Waals surface area contributed by atoms with Crippen LogP contribution in [0.3, 0.4) is 0 Å². The van der Waals surface area contributed by atoms with Crippen molar-refractivity contribution in [3.05, 3.63) is 70.2 Å². The van der Waals surface area contributed by atoms with Crippen LogP contribution in [0.15, 0.2) is 53.5 Å². The molecular weight excluding hydrogens is 543 g/mol. The number of benzene rings is 2. The zero-order valence-corrected chi connectivity index (χ0v) is 21.3. The van der Waals surface area contributed by atoms with Crippen molar-refractivity contribution in [2.75, 3.05) is 40.3 Å². The van der Waals surface area contributed by atoms with Crippen molar-refractivity contribution in [2.45, 2.75) is 13.0 Å². The lowest BCUT2D eigenvalue weighted by Gasteiger charge is -2.36. The minimum Gasteiger partial charge on any atom is -0.465 e. The Balaban J connectivity index is 0.00000363. The number of nitrogens with one attached hydrogen (secondary N) is 1. The molecule has 0 bridgehead atoms. The maximum absolute atomic E-state index is 12.6. The first-order chi connectivity index (χ1) is 15.0. The molecule has 0 aliphatic carbocycles. The van der Waals surface area contributed by atoms with E-state index < -0.39 is 0 Å². The Morgan fingerprint density at radius 2 is 1.69 bits per heavy atom. The van der Waals surface area contributed by atoms with Gasteiger partial charge in [0.1, 0.15) is 0 Å². The molecule has 0 aromatic heterocycles. The Kier molecular flexibility index (Phi) is 10.2. The van der Waals surface area contributed by atoms with Gasteiger partial charge in [-0.1, -0.05) is 35.9 Å². The molecule has 32 heavy (non-hydrogen) atoms. The largest absolute Gasteiger partial charge is 0.465 e. The average Bonchev–Trinajstić information content (AvgIpc) is 2.79. The molecule has 1 aliphatic heterocycles. The van der Waals surface area contributed by atoms with Gasteiger partial charge in [0.2, 0.25) is 5.91 Å². The van der Waals surface area contributed by atoms with Crippen molar-refractivity contribution in [1.82, 2.24) is 15.1 Å². The van der Waals surface area contributed by atoms with E-state index in [1.165, 1.54) is 7.11 Å². The molecule has 0 atom stereocenters. The molecule has 0 saturated carbocycles. The fourth-order valence-corrected chi connectivity index (χ4v) is 3.70. The van der Waals surface area contributed by atoms with Gasteiger partial charge in [0.25, 0.3) is 0 Å². The molecular formula is C23H28ClIN4O3. The van der Waals surface area contributed by atoms with Crippen LogP contribution in [0.1, 0.15) is 21.5 Å². The van der Waals surface area contributed by atoms with Crippen molar-refractivity contribution in [2.24, 2.45) is 4.99 Å². The third-order valence-electron chi connectivity index (χ3n) is 5.21. The number of rotatable bonds is 5. The fourth-order valence-electron chi connectivity index (χ4n) is 3.49. The van der Waals surface area contributed by atoms with E-state index in [0.717, 1.165) is 17.1 Å². The summed E-state index contributed by atoms with van der Waals surface area (Å²) in [6.45, 7) is 3.30.